The van der Waals surface area contributed by atoms with Gasteiger partial charge in [0.1, 0.15) is 5.82 Å². The van der Waals surface area contributed by atoms with Gasteiger partial charge in [-0.3, -0.25) is 4.68 Å². The van der Waals surface area contributed by atoms with Gasteiger partial charge in [0, 0.05) is 19.2 Å². The van der Waals surface area contributed by atoms with E-state index < -0.39 is 0 Å². The first-order valence-electron chi connectivity index (χ1n) is 5.04. The van der Waals surface area contributed by atoms with Crippen LogP contribution in [0.2, 0.25) is 0 Å². The number of ether oxygens (including phenoxy) is 1. The highest BCUT2D eigenvalue weighted by Gasteiger charge is 2.21. The normalized spacial score (nSPS) is 16.1. The van der Waals surface area contributed by atoms with Crippen molar-refractivity contribution in [3.63, 3.8) is 0 Å². The number of aromatic nitrogens is 2. The zero-order chi connectivity index (χ0) is 10.1. The molecule has 78 valence electrons. The van der Waals surface area contributed by atoms with Crippen molar-refractivity contribution >= 4 is 5.82 Å². The van der Waals surface area contributed by atoms with Crippen LogP contribution in [0.4, 0.5) is 5.82 Å². The third kappa shape index (κ3) is 1.90. The Balaban J connectivity index is 1.93. The van der Waals surface area contributed by atoms with Crippen molar-refractivity contribution in [2.45, 2.75) is 26.4 Å². The van der Waals surface area contributed by atoms with Gasteiger partial charge in [0.15, 0.2) is 0 Å². The molecule has 1 heterocycles. The molecular weight excluding hydrogens is 178 g/mol. The molecule has 0 aliphatic heterocycles. The van der Waals surface area contributed by atoms with Gasteiger partial charge >= 0.3 is 0 Å². The summed E-state index contributed by atoms with van der Waals surface area (Å²) in [7, 11) is 1.85. The Morgan fingerprint density at radius 1 is 1.57 bits per heavy atom. The fraction of sp³-hybridized carbons (Fsp3) is 0.700. The van der Waals surface area contributed by atoms with Crippen LogP contribution in [0.1, 0.15) is 24.1 Å². The summed E-state index contributed by atoms with van der Waals surface area (Å²) in [5.41, 5.74) is 7.86. The molecule has 4 nitrogen and oxygen atoms in total. The summed E-state index contributed by atoms with van der Waals surface area (Å²) in [6, 6.07) is 0. The molecule has 1 aromatic heterocycles. The highest BCUT2D eigenvalue weighted by Crippen LogP contribution is 2.29. The molecule has 0 aromatic carbocycles. The van der Waals surface area contributed by atoms with Gasteiger partial charge in [0.2, 0.25) is 0 Å². The van der Waals surface area contributed by atoms with E-state index in [-0.39, 0.29) is 0 Å². The number of nitrogens with two attached hydrogens (primary N) is 1. The predicted octanol–water partition coefficient (Wildman–Crippen LogP) is 1.24. The van der Waals surface area contributed by atoms with E-state index in [1.807, 2.05) is 14.0 Å². The first kappa shape index (κ1) is 9.52. The van der Waals surface area contributed by atoms with Crippen LogP contribution in [-0.4, -0.2) is 16.4 Å². The second-order valence-corrected chi connectivity index (χ2v) is 4.03. The molecule has 1 aliphatic rings. The number of hydrogen-bond acceptors (Lipinski definition) is 3. The van der Waals surface area contributed by atoms with Crippen molar-refractivity contribution < 1.29 is 4.74 Å². The van der Waals surface area contributed by atoms with Gasteiger partial charge in [-0.25, -0.2) is 0 Å². The lowest BCUT2D eigenvalue weighted by atomic mass is 10.2. The topological polar surface area (TPSA) is 53.1 Å². The van der Waals surface area contributed by atoms with Gasteiger partial charge in [-0.1, -0.05) is 0 Å². The van der Waals surface area contributed by atoms with Crippen molar-refractivity contribution in [2.24, 2.45) is 13.0 Å². The van der Waals surface area contributed by atoms with E-state index in [9.17, 15) is 0 Å². The molecule has 2 N–H and O–H groups in total. The first-order chi connectivity index (χ1) is 6.68. The molecule has 0 atom stereocenters. The van der Waals surface area contributed by atoms with Crippen LogP contribution < -0.4 is 5.73 Å². The molecule has 4 heteroatoms. The lowest BCUT2D eigenvalue weighted by Gasteiger charge is -2.03. The summed E-state index contributed by atoms with van der Waals surface area (Å²) in [5.74, 6) is 1.52. The standard InChI is InChI=1S/C10H17N3O/c1-7-9(10(11)13(2)12-7)6-14-5-8-3-4-8/h8H,3-6,11H2,1-2H3. The number of anilines is 1. The predicted molar refractivity (Wildman–Crippen MR) is 54.7 cm³/mol. The van der Waals surface area contributed by atoms with Gasteiger partial charge in [0.25, 0.3) is 0 Å². The number of nitrogens with zero attached hydrogens (tertiary/aromatic N) is 2. The number of hydrogen-bond donors (Lipinski definition) is 1. The molecule has 2 rings (SSSR count). The van der Waals surface area contributed by atoms with Crippen LogP contribution in [0, 0.1) is 12.8 Å². The highest BCUT2D eigenvalue weighted by atomic mass is 16.5. The van der Waals surface area contributed by atoms with Crippen molar-refractivity contribution in [1.82, 2.24) is 9.78 Å². The zero-order valence-corrected chi connectivity index (χ0v) is 8.79. The fourth-order valence-corrected chi connectivity index (χ4v) is 1.51. The van der Waals surface area contributed by atoms with Gasteiger partial charge in [-0.15, -0.1) is 0 Å². The largest absolute Gasteiger partial charge is 0.384 e. The van der Waals surface area contributed by atoms with Crippen molar-refractivity contribution in [2.75, 3.05) is 12.3 Å². The second kappa shape index (κ2) is 3.61. The Kier molecular flexibility index (Phi) is 2.46. The van der Waals surface area contributed by atoms with Crippen LogP contribution in [-0.2, 0) is 18.4 Å². The molecule has 0 saturated heterocycles. The average Bonchev–Trinajstić information content (AvgIpc) is 2.90. The summed E-state index contributed by atoms with van der Waals surface area (Å²) in [4.78, 5) is 0. The van der Waals surface area contributed by atoms with E-state index in [2.05, 4.69) is 5.10 Å². The van der Waals surface area contributed by atoms with E-state index in [0.29, 0.717) is 6.61 Å². The van der Waals surface area contributed by atoms with Gasteiger partial charge in [-0.2, -0.15) is 5.10 Å². The summed E-state index contributed by atoms with van der Waals surface area (Å²) in [6.45, 7) is 3.43. The first-order valence-corrected chi connectivity index (χ1v) is 5.04. The van der Waals surface area contributed by atoms with E-state index in [0.717, 1.165) is 29.6 Å². The molecule has 0 spiro atoms. The summed E-state index contributed by atoms with van der Waals surface area (Å²) in [5, 5.41) is 4.24. The van der Waals surface area contributed by atoms with Gasteiger partial charge in [-0.05, 0) is 25.7 Å². The number of rotatable bonds is 4. The summed E-state index contributed by atoms with van der Waals surface area (Å²) in [6.07, 6.45) is 2.64. The van der Waals surface area contributed by atoms with E-state index in [4.69, 9.17) is 10.5 Å². The Hall–Kier alpha value is -1.03. The van der Waals surface area contributed by atoms with Crippen LogP contribution in [0.25, 0.3) is 0 Å². The third-order valence-electron chi connectivity index (χ3n) is 2.69. The fourth-order valence-electron chi connectivity index (χ4n) is 1.51. The second-order valence-electron chi connectivity index (χ2n) is 4.03. The van der Waals surface area contributed by atoms with Crippen LogP contribution in [0.3, 0.4) is 0 Å². The molecule has 14 heavy (non-hydrogen) atoms. The van der Waals surface area contributed by atoms with Gasteiger partial charge < -0.3 is 10.5 Å². The summed E-state index contributed by atoms with van der Waals surface area (Å²) < 4.78 is 7.28. The molecule has 1 aromatic rings. The Labute approximate surface area is 84.0 Å². The summed E-state index contributed by atoms with van der Waals surface area (Å²) >= 11 is 0. The molecule has 1 aliphatic carbocycles. The van der Waals surface area contributed by atoms with Crippen LogP contribution in [0.5, 0.6) is 0 Å². The smallest absolute Gasteiger partial charge is 0.127 e. The van der Waals surface area contributed by atoms with E-state index in [1.165, 1.54) is 12.8 Å². The molecule has 0 radical (unpaired) electrons. The van der Waals surface area contributed by atoms with Crippen LogP contribution in [0.15, 0.2) is 0 Å². The van der Waals surface area contributed by atoms with Crippen molar-refractivity contribution in [1.29, 1.82) is 0 Å². The lowest BCUT2D eigenvalue weighted by molar-refractivity contribution is 0.111. The zero-order valence-electron chi connectivity index (χ0n) is 8.79. The number of aryl methyl sites for hydroxylation is 2. The molecule has 0 bridgehead atoms. The maximum Gasteiger partial charge on any atom is 0.127 e. The van der Waals surface area contributed by atoms with Crippen molar-refractivity contribution in [3.8, 4) is 0 Å². The van der Waals surface area contributed by atoms with E-state index >= 15 is 0 Å². The average molecular weight is 195 g/mol. The molecule has 1 fully saturated rings. The quantitative estimate of drug-likeness (QED) is 0.786. The minimum Gasteiger partial charge on any atom is -0.384 e. The highest BCUT2D eigenvalue weighted by molar-refractivity contribution is 5.42. The minimum atomic E-state index is 0.599. The maximum atomic E-state index is 5.86. The number of nitrogen functional groups attached to an aromatic ring is 1. The van der Waals surface area contributed by atoms with Crippen LogP contribution >= 0.6 is 0 Å². The molecule has 0 unspecified atom stereocenters. The minimum absolute atomic E-state index is 0.599. The third-order valence-corrected chi connectivity index (χ3v) is 2.69. The molecule has 0 amide bonds. The Morgan fingerprint density at radius 3 is 2.79 bits per heavy atom. The Morgan fingerprint density at radius 2 is 2.29 bits per heavy atom. The van der Waals surface area contributed by atoms with Gasteiger partial charge in [0.05, 0.1) is 12.3 Å². The maximum absolute atomic E-state index is 5.86. The monoisotopic (exact) mass is 195 g/mol. The molecular formula is C10H17N3O. The van der Waals surface area contributed by atoms with Crippen molar-refractivity contribution in [3.05, 3.63) is 11.3 Å². The molecule has 1 saturated carbocycles. The lowest BCUT2D eigenvalue weighted by Crippen LogP contribution is -2.02. The Bertz CT molecular complexity index is 328. The SMILES string of the molecule is Cc1nn(C)c(N)c1COCC1CC1. The van der Waals surface area contributed by atoms with E-state index in [1.54, 1.807) is 4.68 Å².